The molecule has 0 unspecified atom stereocenters. The Balaban J connectivity index is 1.54. The fraction of sp³-hybridized carbons (Fsp3) is 0.300. The van der Waals surface area contributed by atoms with Gasteiger partial charge >= 0.3 is 0 Å². The fourth-order valence-corrected chi connectivity index (χ4v) is 3.92. The second-order valence-corrected chi connectivity index (χ2v) is 7.29. The number of rotatable bonds is 3. The molecule has 0 atom stereocenters. The normalized spacial score (nSPS) is 15.3. The zero-order valence-electron chi connectivity index (χ0n) is 15.7. The molecule has 1 aliphatic rings. The molecule has 8 nitrogen and oxygen atoms in total. The molecule has 0 aliphatic carbocycles. The first-order valence-corrected chi connectivity index (χ1v) is 9.49. The topological polar surface area (TPSA) is 110 Å². The average molecular weight is 374 g/mol. The number of pyridine rings is 2. The van der Waals surface area contributed by atoms with Gasteiger partial charge in [0.05, 0.1) is 29.3 Å². The second-order valence-electron chi connectivity index (χ2n) is 7.29. The maximum atomic E-state index is 6.33. The van der Waals surface area contributed by atoms with E-state index in [0.717, 1.165) is 65.0 Å². The summed E-state index contributed by atoms with van der Waals surface area (Å²) < 4.78 is 1.76. The van der Waals surface area contributed by atoms with E-state index in [1.54, 1.807) is 17.1 Å². The molecule has 4 aromatic heterocycles. The van der Waals surface area contributed by atoms with Crippen molar-refractivity contribution in [1.82, 2.24) is 35.3 Å². The van der Waals surface area contributed by atoms with Crippen LogP contribution in [0.4, 0.5) is 5.82 Å². The molecule has 4 N–H and O–H groups in total. The summed E-state index contributed by atoms with van der Waals surface area (Å²) in [7, 11) is 1.89. The number of fused-ring (bicyclic) bond motifs is 1. The number of nitrogens with two attached hydrogens (primary N) is 1. The predicted octanol–water partition coefficient (Wildman–Crippen LogP) is 2.47. The summed E-state index contributed by atoms with van der Waals surface area (Å²) in [6.07, 6.45) is 7.73. The van der Waals surface area contributed by atoms with E-state index in [4.69, 9.17) is 5.73 Å². The van der Waals surface area contributed by atoms with Gasteiger partial charge in [-0.1, -0.05) is 6.07 Å². The maximum absolute atomic E-state index is 6.33. The number of piperidine rings is 1. The second kappa shape index (κ2) is 6.72. The predicted molar refractivity (Wildman–Crippen MR) is 109 cm³/mol. The van der Waals surface area contributed by atoms with E-state index in [1.165, 1.54) is 0 Å². The summed E-state index contributed by atoms with van der Waals surface area (Å²) in [5.41, 5.74) is 11.7. The van der Waals surface area contributed by atoms with Gasteiger partial charge in [0.25, 0.3) is 0 Å². The average Bonchev–Trinajstić information content (AvgIpc) is 3.34. The lowest BCUT2D eigenvalue weighted by Crippen LogP contribution is -2.27. The smallest absolute Gasteiger partial charge is 0.127 e. The molecule has 4 aromatic rings. The molecule has 1 saturated heterocycles. The number of aromatic nitrogens is 6. The Labute approximate surface area is 162 Å². The van der Waals surface area contributed by atoms with Crippen LogP contribution < -0.4 is 11.1 Å². The lowest BCUT2D eigenvalue weighted by Gasteiger charge is -2.23. The third kappa shape index (κ3) is 2.91. The minimum atomic E-state index is 0.472. The molecule has 8 heteroatoms. The Morgan fingerprint density at radius 3 is 2.75 bits per heavy atom. The zero-order chi connectivity index (χ0) is 19.1. The van der Waals surface area contributed by atoms with Gasteiger partial charge in [-0.2, -0.15) is 10.2 Å². The Morgan fingerprint density at radius 1 is 1.14 bits per heavy atom. The number of nitrogen functional groups attached to an aromatic ring is 1. The highest BCUT2D eigenvalue weighted by Crippen LogP contribution is 2.32. The van der Waals surface area contributed by atoms with Crippen LogP contribution in [0.5, 0.6) is 0 Å². The monoisotopic (exact) mass is 374 g/mol. The molecule has 5 heterocycles. The van der Waals surface area contributed by atoms with Crippen molar-refractivity contribution >= 4 is 16.7 Å². The standard InChI is InChI=1S/C20H22N8/c1-28-11-13(9-24-28)17-8-15-18(10-23-17)26-27-19(15)16-3-2-14(20(21)25-16)12-4-6-22-7-5-12/h2-3,8-12,22H,4-7H2,1H3,(H2,21,25)(H,26,27). The van der Waals surface area contributed by atoms with Crippen molar-refractivity contribution in [3.63, 3.8) is 0 Å². The highest BCUT2D eigenvalue weighted by Gasteiger charge is 2.20. The van der Waals surface area contributed by atoms with Gasteiger partial charge in [-0.25, -0.2) is 4.98 Å². The van der Waals surface area contributed by atoms with Crippen LogP contribution in [0.3, 0.4) is 0 Å². The fourth-order valence-electron chi connectivity index (χ4n) is 3.92. The van der Waals surface area contributed by atoms with Gasteiger partial charge in [-0.05, 0) is 49.5 Å². The number of aromatic amines is 1. The molecule has 1 aliphatic heterocycles. The number of nitrogens with one attached hydrogen (secondary N) is 2. The minimum absolute atomic E-state index is 0.472. The molecule has 0 bridgehead atoms. The van der Waals surface area contributed by atoms with Crippen molar-refractivity contribution in [3.8, 4) is 22.6 Å². The Morgan fingerprint density at radius 2 is 2.00 bits per heavy atom. The summed E-state index contributed by atoms with van der Waals surface area (Å²) in [6.45, 7) is 2.06. The summed E-state index contributed by atoms with van der Waals surface area (Å²) in [4.78, 5) is 9.20. The zero-order valence-corrected chi connectivity index (χ0v) is 15.7. The van der Waals surface area contributed by atoms with Crippen LogP contribution >= 0.6 is 0 Å². The van der Waals surface area contributed by atoms with E-state index in [1.807, 2.05) is 25.4 Å². The number of hydrogen-bond acceptors (Lipinski definition) is 6. The van der Waals surface area contributed by atoms with Crippen molar-refractivity contribution in [1.29, 1.82) is 0 Å². The molecular formula is C20H22N8. The van der Waals surface area contributed by atoms with Gasteiger partial charge in [0, 0.05) is 24.2 Å². The van der Waals surface area contributed by atoms with Crippen LogP contribution in [0, 0.1) is 0 Å². The highest BCUT2D eigenvalue weighted by molar-refractivity contribution is 5.93. The van der Waals surface area contributed by atoms with E-state index < -0.39 is 0 Å². The maximum Gasteiger partial charge on any atom is 0.127 e. The van der Waals surface area contributed by atoms with E-state index in [9.17, 15) is 0 Å². The summed E-state index contributed by atoms with van der Waals surface area (Å²) in [5, 5.41) is 16.1. The van der Waals surface area contributed by atoms with Crippen LogP contribution in [0.1, 0.15) is 24.3 Å². The highest BCUT2D eigenvalue weighted by atomic mass is 15.2. The molecule has 0 radical (unpaired) electrons. The molecule has 0 aromatic carbocycles. The molecule has 0 amide bonds. The molecule has 0 spiro atoms. The van der Waals surface area contributed by atoms with Crippen molar-refractivity contribution < 1.29 is 0 Å². The lowest BCUT2D eigenvalue weighted by molar-refractivity contribution is 0.460. The Bertz CT molecular complexity index is 1140. The summed E-state index contributed by atoms with van der Waals surface area (Å²) >= 11 is 0. The van der Waals surface area contributed by atoms with Crippen molar-refractivity contribution in [3.05, 3.63) is 42.4 Å². The third-order valence-corrected chi connectivity index (χ3v) is 5.43. The van der Waals surface area contributed by atoms with Gasteiger partial charge in [-0.15, -0.1) is 0 Å². The van der Waals surface area contributed by atoms with E-state index in [2.05, 4.69) is 36.6 Å². The summed E-state index contributed by atoms with van der Waals surface area (Å²) in [6, 6.07) is 6.15. The first kappa shape index (κ1) is 16.9. The molecule has 0 saturated carbocycles. The number of hydrogen-bond donors (Lipinski definition) is 3. The quantitative estimate of drug-likeness (QED) is 0.508. The van der Waals surface area contributed by atoms with Crippen LogP contribution in [-0.2, 0) is 7.05 Å². The van der Waals surface area contributed by atoms with Crippen LogP contribution in [0.15, 0.2) is 36.8 Å². The minimum Gasteiger partial charge on any atom is -0.383 e. The first-order valence-electron chi connectivity index (χ1n) is 9.49. The SMILES string of the molecule is Cn1cc(-c2cc3c(-c4ccc(C5CCNCC5)c(N)n4)n[nH]c3cn2)cn1. The van der Waals surface area contributed by atoms with Crippen LogP contribution in [-0.4, -0.2) is 43.0 Å². The summed E-state index contributed by atoms with van der Waals surface area (Å²) in [5.74, 6) is 1.07. The van der Waals surface area contributed by atoms with E-state index >= 15 is 0 Å². The number of H-pyrrole nitrogens is 1. The van der Waals surface area contributed by atoms with Gasteiger partial charge in [-0.3, -0.25) is 14.8 Å². The Kier molecular flexibility index (Phi) is 4.05. The van der Waals surface area contributed by atoms with Crippen molar-refractivity contribution in [2.45, 2.75) is 18.8 Å². The van der Waals surface area contributed by atoms with Gasteiger partial charge in [0.15, 0.2) is 0 Å². The van der Waals surface area contributed by atoms with Crippen molar-refractivity contribution in [2.24, 2.45) is 7.05 Å². The number of anilines is 1. The van der Waals surface area contributed by atoms with E-state index in [0.29, 0.717) is 11.7 Å². The number of aryl methyl sites for hydroxylation is 1. The number of nitrogens with zero attached hydrogens (tertiary/aromatic N) is 5. The molecule has 1 fully saturated rings. The van der Waals surface area contributed by atoms with Crippen LogP contribution in [0.2, 0.25) is 0 Å². The first-order chi connectivity index (χ1) is 13.7. The molecular weight excluding hydrogens is 352 g/mol. The lowest BCUT2D eigenvalue weighted by atomic mass is 9.90. The Hall–Kier alpha value is -3.26. The van der Waals surface area contributed by atoms with Gasteiger partial charge < -0.3 is 11.1 Å². The van der Waals surface area contributed by atoms with Crippen molar-refractivity contribution in [2.75, 3.05) is 18.8 Å². The van der Waals surface area contributed by atoms with Gasteiger partial charge in [0.1, 0.15) is 11.5 Å². The third-order valence-electron chi connectivity index (χ3n) is 5.43. The van der Waals surface area contributed by atoms with Gasteiger partial charge in [0.2, 0.25) is 0 Å². The van der Waals surface area contributed by atoms with Crippen LogP contribution in [0.25, 0.3) is 33.5 Å². The molecule has 5 rings (SSSR count). The molecule has 142 valence electrons. The largest absolute Gasteiger partial charge is 0.383 e. The molecule has 28 heavy (non-hydrogen) atoms. The van der Waals surface area contributed by atoms with E-state index in [-0.39, 0.29) is 0 Å².